The van der Waals surface area contributed by atoms with Crippen molar-refractivity contribution in [3.05, 3.63) is 36.3 Å². The largest absolute Gasteiger partial charge is 0.379 e. The van der Waals surface area contributed by atoms with Gasteiger partial charge in [0.25, 0.3) is 0 Å². The number of amides is 2. The summed E-state index contributed by atoms with van der Waals surface area (Å²) >= 11 is 0. The molecule has 2 aromatic rings. The zero-order chi connectivity index (χ0) is 16.8. The molecule has 24 heavy (non-hydrogen) atoms. The van der Waals surface area contributed by atoms with Crippen molar-refractivity contribution in [1.82, 2.24) is 24.9 Å². The van der Waals surface area contributed by atoms with Crippen molar-refractivity contribution in [2.45, 2.75) is 19.4 Å². The molecule has 2 N–H and O–H groups in total. The molecular formula is C17H25N5O2. The second-order valence-corrected chi connectivity index (χ2v) is 6.16. The van der Waals surface area contributed by atoms with Crippen molar-refractivity contribution in [3.8, 4) is 0 Å². The Labute approximate surface area is 142 Å². The summed E-state index contributed by atoms with van der Waals surface area (Å²) in [5.74, 6) is 0. The molecule has 1 saturated heterocycles. The number of morpholine rings is 1. The van der Waals surface area contributed by atoms with Gasteiger partial charge >= 0.3 is 6.03 Å². The summed E-state index contributed by atoms with van der Waals surface area (Å²) in [6.45, 7) is 6.86. The van der Waals surface area contributed by atoms with Crippen molar-refractivity contribution in [2.75, 3.05) is 39.4 Å². The van der Waals surface area contributed by atoms with Crippen molar-refractivity contribution in [2.24, 2.45) is 0 Å². The summed E-state index contributed by atoms with van der Waals surface area (Å²) in [7, 11) is 0. The molecule has 0 radical (unpaired) electrons. The average Bonchev–Trinajstić information content (AvgIpc) is 2.98. The number of rotatable bonds is 6. The van der Waals surface area contributed by atoms with Crippen molar-refractivity contribution in [1.29, 1.82) is 0 Å². The third kappa shape index (κ3) is 4.69. The summed E-state index contributed by atoms with van der Waals surface area (Å²) in [6, 6.07) is 5.89. The minimum absolute atomic E-state index is 0.110. The van der Waals surface area contributed by atoms with Gasteiger partial charge in [0.05, 0.1) is 18.9 Å². The van der Waals surface area contributed by atoms with E-state index in [-0.39, 0.29) is 12.1 Å². The number of fused-ring (bicyclic) bond motifs is 1. The van der Waals surface area contributed by atoms with E-state index in [2.05, 4.69) is 20.5 Å². The molecule has 0 spiro atoms. The Morgan fingerprint density at radius 3 is 3.00 bits per heavy atom. The fraction of sp³-hybridized carbons (Fsp3) is 0.529. The second-order valence-electron chi connectivity index (χ2n) is 6.16. The minimum atomic E-state index is -0.125. The Bertz CT molecular complexity index is 633. The minimum Gasteiger partial charge on any atom is -0.379 e. The first-order valence-corrected chi connectivity index (χ1v) is 8.48. The summed E-state index contributed by atoms with van der Waals surface area (Å²) in [6.07, 6.45) is 4.68. The first-order valence-electron chi connectivity index (χ1n) is 8.48. The molecule has 1 aliphatic heterocycles. The van der Waals surface area contributed by atoms with Crippen molar-refractivity contribution < 1.29 is 9.53 Å². The Morgan fingerprint density at radius 2 is 2.21 bits per heavy atom. The number of urea groups is 1. The standard InChI is InChI=1S/C17H25N5O2/c1-14(12-21-8-10-24-11-9-21)19-17(23)18-6-5-15-13-22-7-3-2-4-16(22)20-15/h2-4,7,13-14H,5-6,8-12H2,1H3,(H2,18,19,23)/t14-/m0/s1. The van der Waals surface area contributed by atoms with Crippen LogP contribution in [0.2, 0.25) is 0 Å². The number of pyridine rings is 1. The number of nitrogens with one attached hydrogen (secondary N) is 2. The fourth-order valence-corrected chi connectivity index (χ4v) is 2.90. The highest BCUT2D eigenvalue weighted by molar-refractivity contribution is 5.74. The van der Waals surface area contributed by atoms with Gasteiger partial charge in [-0.1, -0.05) is 6.07 Å². The molecule has 0 bridgehead atoms. The molecule has 3 heterocycles. The molecule has 0 saturated carbocycles. The number of carbonyl (C=O) groups excluding carboxylic acids is 1. The van der Waals surface area contributed by atoms with E-state index in [0.717, 1.165) is 44.2 Å². The highest BCUT2D eigenvalue weighted by Crippen LogP contribution is 2.04. The number of imidazole rings is 1. The summed E-state index contributed by atoms with van der Waals surface area (Å²) in [5.41, 5.74) is 1.90. The van der Waals surface area contributed by atoms with Gasteiger partial charge in [-0.15, -0.1) is 0 Å². The molecule has 2 amide bonds. The Balaban J connectivity index is 1.37. The van der Waals surface area contributed by atoms with Crippen LogP contribution in [0.15, 0.2) is 30.6 Å². The van der Waals surface area contributed by atoms with E-state index in [9.17, 15) is 4.79 Å². The van der Waals surface area contributed by atoms with E-state index >= 15 is 0 Å². The molecule has 1 fully saturated rings. The molecule has 0 aliphatic carbocycles. The third-order valence-electron chi connectivity index (χ3n) is 4.09. The molecule has 0 aromatic carbocycles. The van der Waals surface area contributed by atoms with Gasteiger partial charge in [0.2, 0.25) is 0 Å². The zero-order valence-corrected chi connectivity index (χ0v) is 14.1. The maximum atomic E-state index is 12.0. The Hall–Kier alpha value is -2.12. The van der Waals surface area contributed by atoms with Crippen LogP contribution in [-0.2, 0) is 11.2 Å². The number of ether oxygens (including phenoxy) is 1. The van der Waals surface area contributed by atoms with E-state index in [4.69, 9.17) is 4.74 Å². The van der Waals surface area contributed by atoms with Crippen LogP contribution >= 0.6 is 0 Å². The third-order valence-corrected chi connectivity index (χ3v) is 4.09. The Kier molecular flexibility index (Phi) is 5.66. The lowest BCUT2D eigenvalue weighted by Gasteiger charge is -2.29. The number of nitrogens with zero attached hydrogens (tertiary/aromatic N) is 3. The number of hydrogen-bond acceptors (Lipinski definition) is 4. The molecule has 2 aromatic heterocycles. The topological polar surface area (TPSA) is 70.9 Å². The van der Waals surface area contributed by atoms with Crippen LogP contribution in [0.4, 0.5) is 4.79 Å². The normalized spacial score (nSPS) is 16.9. The highest BCUT2D eigenvalue weighted by atomic mass is 16.5. The van der Waals surface area contributed by atoms with Crippen LogP contribution in [-0.4, -0.2) is 65.8 Å². The molecule has 1 atom stereocenters. The van der Waals surface area contributed by atoms with E-state index < -0.39 is 0 Å². The first kappa shape index (κ1) is 16.7. The lowest BCUT2D eigenvalue weighted by Crippen LogP contribution is -2.48. The smallest absolute Gasteiger partial charge is 0.315 e. The van der Waals surface area contributed by atoms with Crippen LogP contribution in [0.1, 0.15) is 12.6 Å². The summed E-state index contributed by atoms with van der Waals surface area (Å²) in [5, 5.41) is 5.88. The quantitative estimate of drug-likeness (QED) is 0.825. The first-order chi connectivity index (χ1) is 11.7. The molecule has 130 valence electrons. The fourth-order valence-electron chi connectivity index (χ4n) is 2.90. The second kappa shape index (κ2) is 8.12. The highest BCUT2D eigenvalue weighted by Gasteiger charge is 2.15. The molecule has 1 aliphatic rings. The molecule has 0 unspecified atom stereocenters. The van der Waals surface area contributed by atoms with Crippen molar-refractivity contribution >= 4 is 11.7 Å². The summed E-state index contributed by atoms with van der Waals surface area (Å²) in [4.78, 5) is 18.8. The zero-order valence-electron chi connectivity index (χ0n) is 14.1. The Morgan fingerprint density at radius 1 is 1.38 bits per heavy atom. The molecular weight excluding hydrogens is 306 g/mol. The van der Waals surface area contributed by atoms with E-state index in [1.54, 1.807) is 0 Å². The SMILES string of the molecule is C[C@@H](CN1CCOCC1)NC(=O)NCCc1cn2ccccc2n1. The van der Waals surface area contributed by atoms with E-state index in [0.29, 0.717) is 13.0 Å². The van der Waals surface area contributed by atoms with E-state index in [1.807, 2.05) is 41.9 Å². The van der Waals surface area contributed by atoms with Crippen molar-refractivity contribution in [3.63, 3.8) is 0 Å². The molecule has 7 heteroatoms. The van der Waals surface area contributed by atoms with Crippen LogP contribution in [0.25, 0.3) is 5.65 Å². The van der Waals surface area contributed by atoms with Gasteiger partial charge in [-0.05, 0) is 19.1 Å². The monoisotopic (exact) mass is 331 g/mol. The summed E-state index contributed by atoms with van der Waals surface area (Å²) < 4.78 is 7.32. The lowest BCUT2D eigenvalue weighted by molar-refractivity contribution is 0.0349. The van der Waals surface area contributed by atoms with Crippen LogP contribution in [0, 0.1) is 0 Å². The van der Waals surface area contributed by atoms with Gasteiger partial charge in [0, 0.05) is 51.0 Å². The number of carbonyl (C=O) groups is 1. The van der Waals surface area contributed by atoms with Gasteiger partial charge in [-0.3, -0.25) is 4.90 Å². The van der Waals surface area contributed by atoms with Gasteiger partial charge in [0.15, 0.2) is 0 Å². The molecule has 3 rings (SSSR count). The predicted molar refractivity (Wildman–Crippen MR) is 92.2 cm³/mol. The maximum absolute atomic E-state index is 12.0. The van der Waals surface area contributed by atoms with Crippen LogP contribution in [0.5, 0.6) is 0 Å². The van der Waals surface area contributed by atoms with Gasteiger partial charge < -0.3 is 19.8 Å². The van der Waals surface area contributed by atoms with E-state index in [1.165, 1.54) is 0 Å². The van der Waals surface area contributed by atoms with Gasteiger partial charge in [0.1, 0.15) is 5.65 Å². The predicted octanol–water partition coefficient (Wildman–Crippen LogP) is 0.897. The maximum Gasteiger partial charge on any atom is 0.315 e. The average molecular weight is 331 g/mol. The van der Waals surface area contributed by atoms with Gasteiger partial charge in [-0.2, -0.15) is 0 Å². The van der Waals surface area contributed by atoms with Gasteiger partial charge in [-0.25, -0.2) is 9.78 Å². The van der Waals surface area contributed by atoms with Crippen LogP contribution in [0.3, 0.4) is 0 Å². The molecule has 7 nitrogen and oxygen atoms in total. The van der Waals surface area contributed by atoms with Crippen LogP contribution < -0.4 is 10.6 Å². The number of aromatic nitrogens is 2. The number of hydrogen-bond donors (Lipinski definition) is 2. The lowest BCUT2D eigenvalue weighted by atomic mass is 10.3.